The van der Waals surface area contributed by atoms with Crippen LogP contribution in [0.4, 0.5) is 23.7 Å². The molecule has 2 amide bonds. The predicted octanol–water partition coefficient (Wildman–Crippen LogP) is 6.74. The van der Waals surface area contributed by atoms with Crippen molar-refractivity contribution in [1.29, 1.82) is 0 Å². The van der Waals surface area contributed by atoms with E-state index in [1.165, 1.54) is 9.58 Å². The molecular formula is C49H64F3N7O8. The Morgan fingerprint density at radius 3 is 2.48 bits per heavy atom. The second kappa shape index (κ2) is 20.1. The van der Waals surface area contributed by atoms with Gasteiger partial charge in [0.15, 0.2) is 0 Å². The third kappa shape index (κ3) is 11.9. The highest BCUT2D eigenvalue weighted by Crippen LogP contribution is 2.44. The number of methoxy groups -OCH3 is 1. The van der Waals surface area contributed by atoms with Crippen molar-refractivity contribution in [3.05, 3.63) is 71.5 Å². The first kappa shape index (κ1) is 49.6. The van der Waals surface area contributed by atoms with Gasteiger partial charge in [0.25, 0.3) is 5.91 Å². The second-order valence-corrected chi connectivity index (χ2v) is 19.7. The quantitative estimate of drug-likeness (QED) is 0.105. The molecule has 364 valence electrons. The van der Waals surface area contributed by atoms with Crippen molar-refractivity contribution in [3.63, 3.8) is 0 Å². The van der Waals surface area contributed by atoms with Gasteiger partial charge < -0.3 is 39.2 Å². The molecule has 18 heteroatoms. The average Bonchev–Trinajstić information content (AvgIpc) is 3.56. The number of aromatic nitrogens is 2. The number of aliphatic hydroxyl groups is 1. The van der Waals surface area contributed by atoms with Crippen LogP contribution < -0.4 is 15.6 Å². The smallest absolute Gasteiger partial charge is 0.408 e. The summed E-state index contributed by atoms with van der Waals surface area (Å²) in [5, 5.41) is 24.8. The van der Waals surface area contributed by atoms with Crippen LogP contribution in [-0.2, 0) is 43.2 Å². The van der Waals surface area contributed by atoms with E-state index in [4.69, 9.17) is 19.2 Å². The van der Waals surface area contributed by atoms with Crippen LogP contribution in [0.1, 0.15) is 77.3 Å². The topological polar surface area (TPSA) is 171 Å². The standard InChI is InChI=1S/C49H64F3N7O8/c1-30(65-7)42-37(23-34(25-53-42)57-17-16-56-18-19-66-27-35(56)26-57)43-38(24-48(5,6)29-60)36-22-33(13-14-41(36)58(43)28-49(50,51)52)32-11-8-10-31(20-32)21-40(54-46(64)67-47(2,3)4)44(61)59-15-9-12-39(55-59)45(62)63/h8,10-11,13-14,20,22-23,25,30,35,39-40,55,60H,9,12,15-19,21,24,26-29H2,1-7H3,(H,54,64)(H,62,63)/t30?,35-,39-,40?/m0/s1. The summed E-state index contributed by atoms with van der Waals surface area (Å²) >= 11 is 0. The third-order valence-electron chi connectivity index (χ3n) is 12.7. The van der Waals surface area contributed by atoms with E-state index in [0.29, 0.717) is 89.3 Å². The number of alkyl halides is 3. The number of hydrazine groups is 1. The first-order chi connectivity index (χ1) is 31.6. The number of aliphatic hydroxyl groups excluding tert-OH is 1. The van der Waals surface area contributed by atoms with Gasteiger partial charge in [-0.15, -0.1) is 0 Å². The summed E-state index contributed by atoms with van der Waals surface area (Å²) in [7, 11) is 1.54. The fraction of sp³-hybridized carbons (Fsp3) is 0.551. The lowest BCUT2D eigenvalue weighted by Gasteiger charge is -2.44. The Morgan fingerprint density at radius 1 is 1.01 bits per heavy atom. The van der Waals surface area contributed by atoms with E-state index < -0.39 is 59.9 Å². The molecule has 0 saturated carbocycles. The number of carbonyl (C=O) groups excluding carboxylic acids is 2. The van der Waals surface area contributed by atoms with Gasteiger partial charge in [-0.3, -0.25) is 24.5 Å². The van der Waals surface area contributed by atoms with Gasteiger partial charge in [-0.2, -0.15) is 13.2 Å². The summed E-state index contributed by atoms with van der Waals surface area (Å²) < 4.78 is 63.1. The SMILES string of the molecule is COC(C)c1ncc(N2CCN3CCOC[C@@H]3C2)cc1-c1c(CC(C)(C)CO)c2cc(-c3cccc(CC(NC(=O)OC(C)(C)C)C(=O)N4CCC[C@@H](C(=O)O)N4)c3)ccc2n1CC(F)(F)F. The van der Waals surface area contributed by atoms with Crippen molar-refractivity contribution >= 4 is 34.6 Å². The number of hydrogen-bond acceptors (Lipinski definition) is 11. The van der Waals surface area contributed by atoms with E-state index >= 15 is 0 Å². The van der Waals surface area contributed by atoms with Gasteiger partial charge in [0.05, 0.1) is 48.6 Å². The lowest BCUT2D eigenvalue weighted by atomic mass is 9.84. The summed E-state index contributed by atoms with van der Waals surface area (Å²) in [5.74, 6) is -1.63. The van der Waals surface area contributed by atoms with Gasteiger partial charge in [0, 0.05) is 69.3 Å². The molecule has 0 aliphatic carbocycles. The number of alkyl carbamates (subject to hydrolysis) is 1. The summed E-state index contributed by atoms with van der Waals surface area (Å²) in [6, 6.07) is 12.6. The van der Waals surface area contributed by atoms with E-state index in [9.17, 15) is 37.8 Å². The number of nitrogens with zero attached hydrogens (tertiary/aromatic N) is 5. The number of ether oxygens (including phenoxy) is 3. The van der Waals surface area contributed by atoms with Crippen molar-refractivity contribution in [1.82, 2.24) is 30.2 Å². The number of hydrogen-bond donors (Lipinski definition) is 4. The number of carboxylic acids is 1. The molecule has 7 rings (SSSR count). The zero-order valence-corrected chi connectivity index (χ0v) is 39.4. The molecule has 5 heterocycles. The number of anilines is 1. The minimum Gasteiger partial charge on any atom is -0.480 e. The monoisotopic (exact) mass is 935 g/mol. The van der Waals surface area contributed by atoms with Gasteiger partial charge in [-0.05, 0) is 92.8 Å². The molecule has 0 bridgehead atoms. The molecule has 2 aromatic heterocycles. The summed E-state index contributed by atoms with van der Waals surface area (Å²) in [5.41, 5.74) is 6.29. The molecule has 2 unspecified atom stereocenters. The van der Waals surface area contributed by atoms with Gasteiger partial charge >= 0.3 is 18.2 Å². The molecule has 3 aliphatic heterocycles. The number of amides is 2. The maximum Gasteiger partial charge on any atom is 0.408 e. The van der Waals surface area contributed by atoms with Crippen molar-refractivity contribution in [2.45, 2.75) is 110 Å². The second-order valence-electron chi connectivity index (χ2n) is 19.7. The average molecular weight is 936 g/mol. The Morgan fingerprint density at radius 2 is 1.78 bits per heavy atom. The first-order valence-electron chi connectivity index (χ1n) is 23.0. The Hall–Kier alpha value is -5.27. The number of halogens is 3. The minimum absolute atomic E-state index is 0.0126. The molecule has 4 atom stereocenters. The van der Waals surface area contributed by atoms with E-state index in [0.717, 1.165) is 18.8 Å². The summed E-state index contributed by atoms with van der Waals surface area (Å²) in [6.45, 7) is 13.7. The fourth-order valence-corrected chi connectivity index (χ4v) is 9.29. The van der Waals surface area contributed by atoms with Crippen LogP contribution in [0, 0.1) is 5.41 Å². The highest BCUT2D eigenvalue weighted by atomic mass is 19.4. The highest BCUT2D eigenvalue weighted by molar-refractivity contribution is 5.96. The number of pyridine rings is 1. The summed E-state index contributed by atoms with van der Waals surface area (Å²) in [4.78, 5) is 48.5. The molecule has 4 N–H and O–H groups in total. The van der Waals surface area contributed by atoms with Crippen LogP contribution in [0.5, 0.6) is 0 Å². The molecule has 4 aromatic rings. The number of piperazine rings is 1. The number of carboxylic acid groups (broad SMARTS) is 1. The van der Waals surface area contributed by atoms with Crippen molar-refractivity contribution in [2.75, 3.05) is 64.6 Å². The van der Waals surface area contributed by atoms with E-state index in [1.54, 1.807) is 58.3 Å². The van der Waals surface area contributed by atoms with Crippen molar-refractivity contribution < 1.29 is 52.0 Å². The zero-order chi connectivity index (χ0) is 48.4. The lowest BCUT2D eigenvalue weighted by Crippen LogP contribution is -2.60. The molecule has 0 radical (unpaired) electrons. The van der Waals surface area contributed by atoms with E-state index in [2.05, 4.69) is 20.5 Å². The highest BCUT2D eigenvalue weighted by Gasteiger charge is 2.37. The number of carbonyl (C=O) groups is 3. The van der Waals surface area contributed by atoms with Gasteiger partial charge in [0.1, 0.15) is 24.2 Å². The van der Waals surface area contributed by atoms with Crippen LogP contribution in [0.2, 0.25) is 0 Å². The molecule has 2 aromatic carbocycles. The molecule has 0 spiro atoms. The van der Waals surface area contributed by atoms with Crippen LogP contribution in [0.3, 0.4) is 0 Å². The first-order valence-corrected chi connectivity index (χ1v) is 23.0. The molecule has 3 saturated heterocycles. The van der Waals surface area contributed by atoms with Crippen LogP contribution in [0.25, 0.3) is 33.3 Å². The van der Waals surface area contributed by atoms with E-state index in [1.807, 2.05) is 45.0 Å². The largest absolute Gasteiger partial charge is 0.480 e. The molecule has 3 fully saturated rings. The number of rotatable bonds is 14. The van der Waals surface area contributed by atoms with Crippen molar-refractivity contribution in [3.8, 4) is 22.4 Å². The lowest BCUT2D eigenvalue weighted by molar-refractivity contribution is -0.147. The maximum atomic E-state index is 14.9. The van der Waals surface area contributed by atoms with Crippen LogP contribution >= 0.6 is 0 Å². The zero-order valence-electron chi connectivity index (χ0n) is 39.4. The minimum atomic E-state index is -4.60. The molecule has 15 nitrogen and oxygen atoms in total. The Balaban J connectivity index is 1.33. The molecular weight excluding hydrogens is 872 g/mol. The van der Waals surface area contributed by atoms with Crippen LogP contribution in [0.15, 0.2) is 54.7 Å². The van der Waals surface area contributed by atoms with Gasteiger partial charge in [-0.25, -0.2) is 10.2 Å². The predicted molar refractivity (Wildman–Crippen MR) is 247 cm³/mol. The number of nitrogens with one attached hydrogen (secondary N) is 2. The van der Waals surface area contributed by atoms with Crippen molar-refractivity contribution in [2.24, 2.45) is 5.41 Å². The van der Waals surface area contributed by atoms with Crippen LogP contribution in [-0.4, -0.2) is 137 Å². The summed E-state index contributed by atoms with van der Waals surface area (Å²) in [6.07, 6.45) is -3.22. The third-order valence-corrected chi connectivity index (χ3v) is 12.7. The fourth-order valence-electron chi connectivity index (χ4n) is 9.29. The number of fused-ring (bicyclic) bond motifs is 2. The molecule has 67 heavy (non-hydrogen) atoms. The number of benzene rings is 2. The normalized spacial score (nSPS) is 19.5. The van der Waals surface area contributed by atoms with Gasteiger partial charge in [0.2, 0.25) is 0 Å². The Kier molecular flexibility index (Phi) is 14.9. The van der Waals surface area contributed by atoms with Gasteiger partial charge in [-0.1, -0.05) is 44.2 Å². The Labute approximate surface area is 389 Å². The number of aliphatic carboxylic acids is 1. The molecule has 3 aliphatic rings. The number of morpholine rings is 1. The Bertz CT molecular complexity index is 2440. The maximum absolute atomic E-state index is 14.9. The van der Waals surface area contributed by atoms with E-state index in [-0.39, 0.29) is 32.0 Å².